The second-order valence-electron chi connectivity index (χ2n) is 11.9. The molecule has 5 aromatic rings. The molecule has 9 nitrogen and oxygen atoms in total. The van der Waals surface area contributed by atoms with Crippen molar-refractivity contribution in [3.63, 3.8) is 0 Å². The number of amides is 1. The summed E-state index contributed by atoms with van der Waals surface area (Å²) < 4.78 is 62.5. The zero-order valence-electron chi connectivity index (χ0n) is 25.4. The molecule has 3 aromatic heterocycles. The first-order valence-corrected chi connectivity index (χ1v) is 16.0. The van der Waals surface area contributed by atoms with E-state index in [0.717, 1.165) is 23.6 Å². The molecule has 242 valence electrons. The van der Waals surface area contributed by atoms with E-state index in [0.29, 0.717) is 16.9 Å². The number of hydrogen-bond donors (Lipinski definition) is 0. The SMILES string of the molecule is C=CC(=O)N1[C@H](C)CN(c2nc(=O)n3c4c(c(-c5ccc(F)cc5)c(C(F)(F)F)cc24)SCC(n2ccc4cncnc42)C3)C[C@@H]1C. The highest BCUT2D eigenvalue weighted by atomic mass is 32.2. The highest BCUT2D eigenvalue weighted by Crippen LogP contribution is 2.49. The van der Waals surface area contributed by atoms with Gasteiger partial charge in [-0.3, -0.25) is 9.36 Å². The van der Waals surface area contributed by atoms with Gasteiger partial charge in [0.2, 0.25) is 5.91 Å². The van der Waals surface area contributed by atoms with Crippen LogP contribution in [0.15, 0.2) is 77.5 Å². The second kappa shape index (κ2) is 11.5. The molecule has 0 bridgehead atoms. The Bertz CT molecular complexity index is 2100. The molecule has 1 saturated heterocycles. The molecule has 1 unspecified atom stereocenters. The van der Waals surface area contributed by atoms with Crippen LogP contribution in [0.5, 0.6) is 0 Å². The molecule has 0 saturated carbocycles. The second-order valence-corrected chi connectivity index (χ2v) is 12.9. The minimum absolute atomic E-state index is 0.122. The topological polar surface area (TPSA) is 89.2 Å². The van der Waals surface area contributed by atoms with Crippen molar-refractivity contribution in [1.82, 2.24) is 29.0 Å². The molecule has 1 fully saturated rings. The maximum absolute atomic E-state index is 15.1. The molecule has 0 spiro atoms. The molecule has 0 radical (unpaired) electrons. The Morgan fingerprint density at radius 1 is 1.09 bits per heavy atom. The summed E-state index contributed by atoms with van der Waals surface area (Å²) in [5.74, 6) is -0.393. The number of hydrogen-bond acceptors (Lipinski definition) is 7. The minimum Gasteiger partial charge on any atom is -0.352 e. The average molecular weight is 664 g/mol. The molecule has 14 heteroatoms. The summed E-state index contributed by atoms with van der Waals surface area (Å²) in [5.41, 5.74) is -0.500. The number of rotatable bonds is 4. The van der Waals surface area contributed by atoms with Crippen LogP contribution in [-0.4, -0.2) is 65.8 Å². The van der Waals surface area contributed by atoms with E-state index in [1.165, 1.54) is 40.9 Å². The van der Waals surface area contributed by atoms with Gasteiger partial charge in [-0.2, -0.15) is 18.2 Å². The number of carbonyl (C=O) groups excluding carboxylic acids is 1. The van der Waals surface area contributed by atoms with Crippen molar-refractivity contribution in [2.75, 3.05) is 23.7 Å². The Morgan fingerprint density at radius 3 is 2.49 bits per heavy atom. The minimum atomic E-state index is -4.79. The Morgan fingerprint density at radius 2 is 1.81 bits per heavy atom. The number of anilines is 1. The lowest BCUT2D eigenvalue weighted by atomic mass is 9.96. The summed E-state index contributed by atoms with van der Waals surface area (Å²) in [7, 11) is 0. The van der Waals surface area contributed by atoms with Crippen molar-refractivity contribution in [2.45, 2.75) is 49.6 Å². The fourth-order valence-corrected chi connectivity index (χ4v) is 8.26. The van der Waals surface area contributed by atoms with Crippen molar-refractivity contribution in [2.24, 2.45) is 0 Å². The maximum atomic E-state index is 15.1. The van der Waals surface area contributed by atoms with Gasteiger partial charge in [0.15, 0.2) is 0 Å². The fraction of sp³-hybridized carbons (Fsp3) is 0.303. The molecule has 3 atom stereocenters. The van der Waals surface area contributed by atoms with E-state index >= 15 is 13.2 Å². The Labute approximate surface area is 270 Å². The van der Waals surface area contributed by atoms with Gasteiger partial charge in [-0.25, -0.2) is 19.2 Å². The van der Waals surface area contributed by atoms with E-state index in [1.54, 1.807) is 16.0 Å². The first kappa shape index (κ1) is 30.9. The predicted molar refractivity (Wildman–Crippen MR) is 172 cm³/mol. The lowest BCUT2D eigenvalue weighted by molar-refractivity contribution is -0.137. The molecule has 2 aliphatic heterocycles. The molecule has 47 heavy (non-hydrogen) atoms. The number of halogens is 4. The number of nitrogens with zero attached hydrogens (tertiary/aromatic N) is 7. The quantitative estimate of drug-likeness (QED) is 0.174. The third-order valence-electron chi connectivity index (χ3n) is 8.87. The first-order valence-electron chi connectivity index (χ1n) is 15.0. The smallest absolute Gasteiger partial charge is 0.352 e. The summed E-state index contributed by atoms with van der Waals surface area (Å²) in [6.07, 6.45) is 1.37. The van der Waals surface area contributed by atoms with E-state index in [1.807, 2.05) is 30.7 Å². The summed E-state index contributed by atoms with van der Waals surface area (Å²) in [5, 5.41) is 0.961. The molecule has 2 aromatic carbocycles. The van der Waals surface area contributed by atoms with Crippen LogP contribution < -0.4 is 10.6 Å². The van der Waals surface area contributed by atoms with E-state index in [2.05, 4.69) is 21.5 Å². The Kier molecular flexibility index (Phi) is 7.57. The van der Waals surface area contributed by atoms with Crippen LogP contribution in [0.25, 0.3) is 33.1 Å². The average Bonchev–Trinajstić information content (AvgIpc) is 3.36. The number of alkyl halides is 3. The number of benzene rings is 2. The Hall–Kier alpha value is -4.72. The van der Waals surface area contributed by atoms with Crippen LogP contribution in [0.1, 0.15) is 25.5 Å². The van der Waals surface area contributed by atoms with Crippen molar-refractivity contribution in [1.29, 1.82) is 0 Å². The van der Waals surface area contributed by atoms with Crippen LogP contribution >= 0.6 is 11.8 Å². The zero-order valence-corrected chi connectivity index (χ0v) is 26.2. The molecule has 1 amide bonds. The lowest BCUT2D eigenvalue weighted by Crippen LogP contribution is -2.58. The van der Waals surface area contributed by atoms with E-state index in [9.17, 15) is 14.0 Å². The Balaban J connectivity index is 1.48. The highest BCUT2D eigenvalue weighted by Gasteiger charge is 2.40. The van der Waals surface area contributed by atoms with Crippen molar-refractivity contribution >= 4 is 45.4 Å². The predicted octanol–water partition coefficient (Wildman–Crippen LogP) is 5.92. The largest absolute Gasteiger partial charge is 0.417 e. The van der Waals surface area contributed by atoms with Gasteiger partial charge in [0.05, 0.1) is 17.1 Å². The third-order valence-corrected chi connectivity index (χ3v) is 10.1. The maximum Gasteiger partial charge on any atom is 0.417 e. The standard InChI is InChI=1S/C33H29F4N7O2S/c1-4-26(45)44-18(2)13-41(14-19(44)3)31-24-11-25(33(35,36)37)27(20-5-7-22(34)8-6-20)29-28(24)43(32(46)40-31)15-23(16-47-29)42-10-9-21-12-38-17-39-30(21)42/h4-12,17-19,23H,1,13-16H2,2-3H3/t18-,19+,23?. The summed E-state index contributed by atoms with van der Waals surface area (Å²) in [6.45, 7) is 7.89. The summed E-state index contributed by atoms with van der Waals surface area (Å²) >= 11 is 1.22. The third kappa shape index (κ3) is 5.24. The van der Waals surface area contributed by atoms with E-state index in [-0.39, 0.29) is 70.9 Å². The monoisotopic (exact) mass is 663 g/mol. The number of thioether (sulfide) groups is 1. The van der Waals surface area contributed by atoms with Crippen LogP contribution in [0.4, 0.5) is 23.4 Å². The molecular formula is C33H29F4N7O2S. The van der Waals surface area contributed by atoms with Gasteiger partial charge in [0, 0.05) is 71.1 Å². The zero-order chi connectivity index (χ0) is 33.2. The number of fused-ring (bicyclic) bond motifs is 1. The van der Waals surface area contributed by atoms with Gasteiger partial charge in [-0.05, 0) is 49.8 Å². The molecule has 2 aliphatic rings. The van der Waals surface area contributed by atoms with Crippen LogP contribution in [0, 0.1) is 5.82 Å². The molecule has 0 N–H and O–H groups in total. The molecular weight excluding hydrogens is 634 g/mol. The van der Waals surface area contributed by atoms with Crippen molar-refractivity contribution in [3.05, 3.63) is 89.6 Å². The van der Waals surface area contributed by atoms with Gasteiger partial charge in [-0.1, -0.05) is 18.7 Å². The number of piperazine rings is 1. The van der Waals surface area contributed by atoms with Gasteiger partial charge in [0.1, 0.15) is 23.6 Å². The molecule has 5 heterocycles. The van der Waals surface area contributed by atoms with Gasteiger partial charge < -0.3 is 14.4 Å². The van der Waals surface area contributed by atoms with Crippen LogP contribution in [0.3, 0.4) is 0 Å². The first-order chi connectivity index (χ1) is 22.5. The van der Waals surface area contributed by atoms with Gasteiger partial charge in [0.25, 0.3) is 0 Å². The van der Waals surface area contributed by atoms with Crippen LogP contribution in [0.2, 0.25) is 0 Å². The fourth-order valence-electron chi connectivity index (χ4n) is 6.91. The molecule has 0 aliphatic carbocycles. The lowest BCUT2D eigenvalue weighted by Gasteiger charge is -2.44. The van der Waals surface area contributed by atoms with Crippen molar-refractivity contribution in [3.8, 4) is 11.1 Å². The number of carbonyl (C=O) groups is 1. The highest BCUT2D eigenvalue weighted by molar-refractivity contribution is 7.99. The molecule has 7 rings (SSSR count). The van der Waals surface area contributed by atoms with E-state index in [4.69, 9.17) is 0 Å². The van der Waals surface area contributed by atoms with Crippen LogP contribution in [-0.2, 0) is 17.5 Å². The summed E-state index contributed by atoms with van der Waals surface area (Å²) in [4.78, 5) is 43.3. The van der Waals surface area contributed by atoms with Crippen molar-refractivity contribution < 1.29 is 22.4 Å². The summed E-state index contributed by atoms with van der Waals surface area (Å²) in [6, 6.07) is 6.77. The van der Waals surface area contributed by atoms with Gasteiger partial charge >= 0.3 is 11.9 Å². The normalized spacial score (nSPS) is 20.1. The van der Waals surface area contributed by atoms with E-state index < -0.39 is 23.2 Å². The number of aromatic nitrogens is 5. The van der Waals surface area contributed by atoms with Gasteiger partial charge in [-0.15, -0.1) is 11.8 Å².